The second-order valence-electron chi connectivity index (χ2n) is 3.78. The number of rotatable bonds is 2. The van der Waals surface area contributed by atoms with E-state index in [9.17, 15) is 0 Å². The van der Waals surface area contributed by atoms with Crippen LogP contribution in [-0.2, 0) is 9.47 Å². The highest BCUT2D eigenvalue weighted by Gasteiger charge is 2.21. The van der Waals surface area contributed by atoms with Crippen molar-refractivity contribution in [1.82, 2.24) is 4.98 Å². The Morgan fingerprint density at radius 2 is 2.12 bits per heavy atom. The van der Waals surface area contributed by atoms with Crippen LogP contribution < -0.4 is 5.73 Å². The molecule has 0 unspecified atom stereocenters. The van der Waals surface area contributed by atoms with Crippen molar-refractivity contribution in [3.8, 4) is 10.6 Å². The van der Waals surface area contributed by atoms with Crippen LogP contribution in [-0.4, -0.2) is 18.2 Å². The van der Waals surface area contributed by atoms with Gasteiger partial charge in [-0.1, -0.05) is 12.1 Å². The van der Waals surface area contributed by atoms with Crippen molar-refractivity contribution in [3.05, 3.63) is 35.3 Å². The second-order valence-corrected chi connectivity index (χ2v) is 4.63. The van der Waals surface area contributed by atoms with Crippen molar-refractivity contribution >= 4 is 17.0 Å². The van der Waals surface area contributed by atoms with Crippen molar-refractivity contribution in [2.75, 3.05) is 18.9 Å². The molecule has 2 heterocycles. The fourth-order valence-corrected chi connectivity index (χ4v) is 2.55. The van der Waals surface area contributed by atoms with E-state index in [0.717, 1.165) is 22.0 Å². The zero-order valence-electron chi connectivity index (χ0n) is 9.13. The van der Waals surface area contributed by atoms with Gasteiger partial charge in [-0.2, -0.15) is 0 Å². The first-order valence-corrected chi connectivity index (χ1v) is 6.25. The lowest BCUT2D eigenvalue weighted by atomic mass is 10.2. The first kappa shape index (κ1) is 10.7. The summed E-state index contributed by atoms with van der Waals surface area (Å²) in [4.78, 5) is 4.52. The van der Waals surface area contributed by atoms with Crippen LogP contribution in [0.3, 0.4) is 0 Å². The number of nitrogens with two attached hydrogens (primary N) is 1. The second kappa shape index (κ2) is 4.44. The average Bonchev–Trinajstić information content (AvgIpc) is 3.00. The van der Waals surface area contributed by atoms with Crippen molar-refractivity contribution in [2.45, 2.75) is 6.29 Å². The van der Waals surface area contributed by atoms with Gasteiger partial charge in [-0.05, 0) is 12.1 Å². The summed E-state index contributed by atoms with van der Waals surface area (Å²) in [7, 11) is 0. The Labute approximate surface area is 103 Å². The molecule has 0 amide bonds. The molecule has 2 aromatic rings. The van der Waals surface area contributed by atoms with Gasteiger partial charge in [0.05, 0.1) is 13.2 Å². The van der Waals surface area contributed by atoms with Gasteiger partial charge in [0, 0.05) is 16.6 Å². The number of hydrogen-bond acceptors (Lipinski definition) is 5. The van der Waals surface area contributed by atoms with E-state index in [1.807, 2.05) is 29.6 Å². The zero-order valence-corrected chi connectivity index (χ0v) is 9.94. The lowest BCUT2D eigenvalue weighted by molar-refractivity contribution is -0.0468. The monoisotopic (exact) mass is 248 g/mol. The van der Waals surface area contributed by atoms with Crippen LogP contribution in [0, 0.1) is 0 Å². The molecule has 1 fully saturated rings. The molecule has 0 spiro atoms. The molecule has 1 aliphatic heterocycles. The number of anilines is 1. The number of thiazole rings is 1. The maximum Gasteiger partial charge on any atom is 0.202 e. The van der Waals surface area contributed by atoms with Crippen molar-refractivity contribution in [3.63, 3.8) is 0 Å². The van der Waals surface area contributed by atoms with Crippen LogP contribution in [0.5, 0.6) is 0 Å². The molecule has 1 aromatic carbocycles. The van der Waals surface area contributed by atoms with E-state index in [1.165, 1.54) is 0 Å². The van der Waals surface area contributed by atoms with Crippen LogP contribution in [0.1, 0.15) is 12.0 Å². The first-order chi connectivity index (χ1) is 8.33. The van der Waals surface area contributed by atoms with E-state index in [0.29, 0.717) is 13.2 Å². The molecule has 0 bridgehead atoms. The Bertz CT molecular complexity index is 521. The van der Waals surface area contributed by atoms with Gasteiger partial charge in [-0.25, -0.2) is 4.98 Å². The third-order valence-electron chi connectivity index (χ3n) is 2.52. The summed E-state index contributed by atoms with van der Waals surface area (Å²) in [5, 5.41) is 2.90. The molecule has 1 aromatic heterocycles. The third-order valence-corrected chi connectivity index (χ3v) is 3.43. The summed E-state index contributed by atoms with van der Waals surface area (Å²) in [5.74, 6) is 0. The summed E-state index contributed by atoms with van der Waals surface area (Å²) >= 11 is 1.57. The lowest BCUT2D eigenvalue weighted by Gasteiger charge is -2.04. The van der Waals surface area contributed by atoms with Gasteiger partial charge < -0.3 is 15.2 Å². The molecule has 2 N–H and O–H groups in total. The van der Waals surface area contributed by atoms with Crippen molar-refractivity contribution in [2.24, 2.45) is 0 Å². The van der Waals surface area contributed by atoms with Crippen LogP contribution >= 0.6 is 11.3 Å². The minimum absolute atomic E-state index is 0.305. The molecular weight excluding hydrogens is 236 g/mol. The number of nitrogens with zero attached hydrogens (tertiary/aromatic N) is 1. The summed E-state index contributed by atoms with van der Waals surface area (Å²) < 4.78 is 10.8. The van der Waals surface area contributed by atoms with Crippen LogP contribution in [0.15, 0.2) is 29.6 Å². The zero-order chi connectivity index (χ0) is 11.7. The Morgan fingerprint density at radius 3 is 2.88 bits per heavy atom. The molecular formula is C12H12N2O2S. The van der Waals surface area contributed by atoms with E-state index in [4.69, 9.17) is 15.2 Å². The molecule has 1 saturated heterocycles. The number of ether oxygens (including phenoxy) is 2. The van der Waals surface area contributed by atoms with E-state index in [-0.39, 0.29) is 6.29 Å². The van der Waals surface area contributed by atoms with Gasteiger partial charge in [0.25, 0.3) is 0 Å². The van der Waals surface area contributed by atoms with E-state index in [1.54, 1.807) is 11.3 Å². The number of benzene rings is 1. The molecule has 3 rings (SSSR count). The highest BCUT2D eigenvalue weighted by molar-refractivity contribution is 7.13. The summed E-state index contributed by atoms with van der Waals surface area (Å²) in [5.41, 5.74) is 8.36. The molecule has 0 radical (unpaired) electrons. The molecule has 0 atom stereocenters. The van der Waals surface area contributed by atoms with Crippen LogP contribution in [0.2, 0.25) is 0 Å². The Hall–Kier alpha value is -1.43. The number of aromatic nitrogens is 1. The van der Waals surface area contributed by atoms with Crippen LogP contribution in [0.4, 0.5) is 5.69 Å². The highest BCUT2D eigenvalue weighted by atomic mass is 32.1. The SMILES string of the molecule is Nc1cccc(-c2nc(C3OCCO3)cs2)c1. The van der Waals surface area contributed by atoms with Gasteiger partial charge in [-0.3, -0.25) is 0 Å². The Morgan fingerprint density at radius 1 is 1.29 bits per heavy atom. The maximum atomic E-state index is 5.75. The predicted octanol–water partition coefficient (Wildman–Crippen LogP) is 2.44. The maximum absolute atomic E-state index is 5.75. The van der Waals surface area contributed by atoms with Gasteiger partial charge in [0.1, 0.15) is 10.7 Å². The summed E-state index contributed by atoms with van der Waals surface area (Å²) in [6.07, 6.45) is -0.305. The quantitative estimate of drug-likeness (QED) is 0.829. The molecule has 88 valence electrons. The van der Waals surface area contributed by atoms with E-state index in [2.05, 4.69) is 4.98 Å². The van der Waals surface area contributed by atoms with Gasteiger partial charge >= 0.3 is 0 Å². The molecule has 1 aliphatic rings. The third kappa shape index (κ3) is 2.17. The fraction of sp³-hybridized carbons (Fsp3) is 0.250. The topological polar surface area (TPSA) is 57.4 Å². The number of nitrogen functional groups attached to an aromatic ring is 1. The van der Waals surface area contributed by atoms with Gasteiger partial charge in [-0.15, -0.1) is 11.3 Å². The number of hydrogen-bond donors (Lipinski definition) is 1. The molecule has 0 saturated carbocycles. The molecule has 17 heavy (non-hydrogen) atoms. The van der Waals surface area contributed by atoms with Crippen LogP contribution in [0.25, 0.3) is 10.6 Å². The molecule has 4 nitrogen and oxygen atoms in total. The average molecular weight is 248 g/mol. The van der Waals surface area contributed by atoms with E-state index >= 15 is 0 Å². The van der Waals surface area contributed by atoms with Crippen molar-refractivity contribution < 1.29 is 9.47 Å². The molecule has 5 heteroatoms. The smallest absolute Gasteiger partial charge is 0.202 e. The fourth-order valence-electron chi connectivity index (χ4n) is 1.73. The first-order valence-electron chi connectivity index (χ1n) is 5.37. The lowest BCUT2D eigenvalue weighted by Crippen LogP contribution is -1.97. The van der Waals surface area contributed by atoms with E-state index < -0.39 is 0 Å². The summed E-state index contributed by atoms with van der Waals surface area (Å²) in [6.45, 7) is 1.27. The van der Waals surface area contributed by atoms with Gasteiger partial charge in [0.15, 0.2) is 0 Å². The minimum Gasteiger partial charge on any atom is -0.399 e. The summed E-state index contributed by atoms with van der Waals surface area (Å²) in [6, 6.07) is 7.70. The molecule has 0 aliphatic carbocycles. The highest BCUT2D eigenvalue weighted by Crippen LogP contribution is 2.30. The van der Waals surface area contributed by atoms with Gasteiger partial charge in [0.2, 0.25) is 6.29 Å². The minimum atomic E-state index is -0.305. The Kier molecular flexibility index (Phi) is 2.80. The Balaban J connectivity index is 1.89. The largest absolute Gasteiger partial charge is 0.399 e. The standard InChI is InChI=1S/C12H12N2O2S/c13-9-3-1-2-8(6-9)11-14-10(7-17-11)12-15-4-5-16-12/h1-3,6-7,12H,4-5,13H2. The predicted molar refractivity (Wildman–Crippen MR) is 66.6 cm³/mol. The van der Waals surface area contributed by atoms with Crippen molar-refractivity contribution in [1.29, 1.82) is 0 Å². The normalized spacial score (nSPS) is 16.5.